The summed E-state index contributed by atoms with van der Waals surface area (Å²) in [7, 11) is 0. The van der Waals surface area contributed by atoms with E-state index in [2.05, 4.69) is 32.5 Å². The van der Waals surface area contributed by atoms with E-state index in [1.165, 1.54) is 10.3 Å². The van der Waals surface area contributed by atoms with Crippen LogP contribution in [0.2, 0.25) is 0 Å². The molecule has 0 unspecified atom stereocenters. The molecule has 1 aliphatic heterocycles. The van der Waals surface area contributed by atoms with Crippen molar-refractivity contribution < 1.29 is 0 Å². The quantitative estimate of drug-likeness (QED) is 0.810. The fourth-order valence-electron chi connectivity index (χ4n) is 2.06. The highest BCUT2D eigenvalue weighted by Crippen LogP contribution is 2.30. The van der Waals surface area contributed by atoms with Gasteiger partial charge in [0.05, 0.1) is 10.2 Å². The molecule has 1 fully saturated rings. The van der Waals surface area contributed by atoms with Gasteiger partial charge in [-0.05, 0) is 17.9 Å². The molecule has 0 bridgehead atoms. The van der Waals surface area contributed by atoms with Crippen LogP contribution in [0.3, 0.4) is 0 Å². The Morgan fingerprint density at radius 1 is 1.31 bits per heavy atom. The Labute approximate surface area is 98.3 Å². The van der Waals surface area contributed by atoms with Crippen LogP contribution in [0.1, 0.15) is 5.56 Å². The third-order valence-electron chi connectivity index (χ3n) is 2.93. The number of anilines is 1. The van der Waals surface area contributed by atoms with Crippen LogP contribution in [-0.2, 0) is 0 Å². The predicted molar refractivity (Wildman–Crippen MR) is 67.2 cm³/mol. The highest BCUT2D eigenvalue weighted by Gasteiger charge is 2.16. The van der Waals surface area contributed by atoms with Gasteiger partial charge in [-0.1, -0.05) is 0 Å². The number of fused-ring (bicyclic) bond motifs is 1. The van der Waals surface area contributed by atoms with E-state index in [9.17, 15) is 0 Å². The molecular weight excluding hydrogens is 220 g/mol. The zero-order valence-corrected chi connectivity index (χ0v) is 10.0. The van der Waals surface area contributed by atoms with E-state index in [0.29, 0.717) is 0 Å². The molecule has 0 aromatic carbocycles. The van der Waals surface area contributed by atoms with Crippen molar-refractivity contribution in [3.05, 3.63) is 17.3 Å². The lowest BCUT2D eigenvalue weighted by Crippen LogP contribution is -2.43. The van der Waals surface area contributed by atoms with Gasteiger partial charge in [0.1, 0.15) is 12.1 Å². The average Bonchev–Trinajstić information content (AvgIpc) is 2.73. The number of rotatable bonds is 1. The molecule has 1 aliphatic rings. The molecule has 1 N–H and O–H groups in total. The van der Waals surface area contributed by atoms with E-state index >= 15 is 0 Å². The molecule has 0 amide bonds. The number of nitrogens with one attached hydrogen (secondary N) is 1. The molecule has 84 valence electrons. The summed E-state index contributed by atoms with van der Waals surface area (Å²) in [6, 6.07) is 0. The number of hydrogen-bond acceptors (Lipinski definition) is 5. The van der Waals surface area contributed by atoms with Crippen molar-refractivity contribution in [2.24, 2.45) is 0 Å². The summed E-state index contributed by atoms with van der Waals surface area (Å²) >= 11 is 1.75. The summed E-state index contributed by atoms with van der Waals surface area (Å²) in [5.74, 6) is 1.10. The van der Waals surface area contributed by atoms with Crippen molar-refractivity contribution >= 4 is 27.4 Å². The van der Waals surface area contributed by atoms with E-state index < -0.39 is 0 Å². The third kappa shape index (κ3) is 1.56. The maximum Gasteiger partial charge on any atom is 0.150 e. The summed E-state index contributed by atoms with van der Waals surface area (Å²) in [5.41, 5.74) is 2.35. The van der Waals surface area contributed by atoms with Gasteiger partial charge in [0.2, 0.25) is 0 Å². The van der Waals surface area contributed by atoms with Crippen molar-refractivity contribution in [3.8, 4) is 0 Å². The lowest BCUT2D eigenvalue weighted by Gasteiger charge is -2.28. The molecule has 5 heteroatoms. The maximum atomic E-state index is 4.44. The lowest BCUT2D eigenvalue weighted by molar-refractivity contribution is 0.586. The van der Waals surface area contributed by atoms with Gasteiger partial charge in [0.25, 0.3) is 0 Å². The second-order valence-electron chi connectivity index (χ2n) is 4.03. The highest BCUT2D eigenvalue weighted by molar-refractivity contribution is 7.18. The Morgan fingerprint density at radius 2 is 2.12 bits per heavy atom. The van der Waals surface area contributed by atoms with Crippen LogP contribution >= 0.6 is 11.3 Å². The van der Waals surface area contributed by atoms with E-state index in [-0.39, 0.29) is 0 Å². The minimum Gasteiger partial charge on any atom is -0.353 e. The molecule has 3 rings (SSSR count). The van der Waals surface area contributed by atoms with Gasteiger partial charge < -0.3 is 10.2 Å². The molecule has 0 saturated carbocycles. The summed E-state index contributed by atoms with van der Waals surface area (Å²) < 4.78 is 1.22. The van der Waals surface area contributed by atoms with E-state index in [0.717, 1.165) is 37.5 Å². The van der Waals surface area contributed by atoms with Gasteiger partial charge in [-0.2, -0.15) is 0 Å². The molecule has 4 nitrogen and oxygen atoms in total. The number of aryl methyl sites for hydroxylation is 1. The molecular formula is C11H14N4S. The van der Waals surface area contributed by atoms with E-state index in [1.807, 2.05) is 0 Å². The Bertz CT molecular complexity index is 502. The predicted octanol–water partition coefficient (Wildman–Crippen LogP) is 1.41. The van der Waals surface area contributed by atoms with Crippen molar-refractivity contribution in [2.75, 3.05) is 31.1 Å². The van der Waals surface area contributed by atoms with Crippen molar-refractivity contribution in [3.63, 3.8) is 0 Å². The van der Waals surface area contributed by atoms with Crippen LogP contribution in [0.25, 0.3) is 10.2 Å². The van der Waals surface area contributed by atoms with Gasteiger partial charge in [0, 0.05) is 26.2 Å². The van der Waals surface area contributed by atoms with Crippen molar-refractivity contribution in [1.29, 1.82) is 0 Å². The van der Waals surface area contributed by atoms with Crippen LogP contribution < -0.4 is 10.2 Å². The molecule has 0 atom stereocenters. The summed E-state index contributed by atoms with van der Waals surface area (Å²) in [5, 5.41) is 5.51. The third-order valence-corrected chi connectivity index (χ3v) is 4.01. The van der Waals surface area contributed by atoms with Crippen molar-refractivity contribution in [2.45, 2.75) is 6.92 Å². The van der Waals surface area contributed by atoms with Crippen LogP contribution in [0, 0.1) is 6.92 Å². The Morgan fingerprint density at radius 3 is 2.94 bits per heavy atom. The minimum absolute atomic E-state index is 1.03. The lowest BCUT2D eigenvalue weighted by atomic mass is 10.3. The number of aromatic nitrogens is 2. The first-order valence-corrected chi connectivity index (χ1v) is 6.38. The first kappa shape index (κ1) is 9.99. The smallest absolute Gasteiger partial charge is 0.150 e. The molecule has 16 heavy (non-hydrogen) atoms. The van der Waals surface area contributed by atoms with Gasteiger partial charge >= 0.3 is 0 Å². The first-order valence-electron chi connectivity index (χ1n) is 5.51. The van der Waals surface area contributed by atoms with Gasteiger partial charge in [-0.25, -0.2) is 9.97 Å². The van der Waals surface area contributed by atoms with Crippen LogP contribution in [0.4, 0.5) is 5.82 Å². The molecule has 0 radical (unpaired) electrons. The minimum atomic E-state index is 1.03. The molecule has 3 heterocycles. The van der Waals surface area contributed by atoms with E-state index in [1.54, 1.807) is 17.7 Å². The van der Waals surface area contributed by atoms with Crippen LogP contribution in [-0.4, -0.2) is 36.1 Å². The fourth-order valence-corrected chi connectivity index (χ4v) is 3.08. The topological polar surface area (TPSA) is 41.0 Å². The number of nitrogens with zero attached hydrogens (tertiary/aromatic N) is 3. The number of piperazine rings is 1. The largest absolute Gasteiger partial charge is 0.353 e. The molecule has 1 saturated heterocycles. The molecule has 0 aliphatic carbocycles. The summed E-state index contributed by atoms with van der Waals surface area (Å²) in [4.78, 5) is 11.1. The zero-order chi connectivity index (χ0) is 11.0. The molecule has 2 aromatic heterocycles. The Hall–Kier alpha value is -1.20. The Balaban J connectivity index is 2.08. The normalized spacial score (nSPS) is 16.9. The summed E-state index contributed by atoms with van der Waals surface area (Å²) in [6.07, 6.45) is 1.68. The monoisotopic (exact) mass is 234 g/mol. The van der Waals surface area contributed by atoms with Gasteiger partial charge in [-0.3, -0.25) is 0 Å². The van der Waals surface area contributed by atoms with E-state index in [4.69, 9.17) is 0 Å². The Kier molecular flexibility index (Phi) is 2.49. The van der Waals surface area contributed by atoms with Gasteiger partial charge in [0.15, 0.2) is 0 Å². The number of hydrogen-bond donors (Lipinski definition) is 1. The van der Waals surface area contributed by atoms with Crippen LogP contribution in [0.5, 0.6) is 0 Å². The van der Waals surface area contributed by atoms with Crippen LogP contribution in [0.15, 0.2) is 11.7 Å². The summed E-state index contributed by atoms with van der Waals surface area (Å²) in [6.45, 7) is 6.24. The maximum absolute atomic E-state index is 4.44. The molecule has 2 aromatic rings. The second-order valence-corrected chi connectivity index (χ2v) is 4.91. The fraction of sp³-hybridized carbons (Fsp3) is 0.455. The first-order chi connectivity index (χ1) is 7.86. The zero-order valence-electron chi connectivity index (χ0n) is 9.23. The second kappa shape index (κ2) is 3.99. The molecule has 0 spiro atoms. The highest BCUT2D eigenvalue weighted by atomic mass is 32.1. The van der Waals surface area contributed by atoms with Crippen molar-refractivity contribution in [1.82, 2.24) is 15.3 Å². The standard InChI is InChI=1S/C11H14N4S/c1-8-6-16-10-9(8)13-7-14-11(10)15-4-2-12-3-5-15/h6-7,12H,2-5H2,1H3. The van der Waals surface area contributed by atoms with Gasteiger partial charge in [-0.15, -0.1) is 11.3 Å². The number of thiophene rings is 1. The average molecular weight is 234 g/mol. The SMILES string of the molecule is Cc1csc2c(N3CCNCC3)ncnc12.